The van der Waals surface area contributed by atoms with Crippen LogP contribution in [-0.4, -0.2) is 0 Å². The number of fused-ring (bicyclic) bond motifs is 7. The molecule has 5 heteroatoms. The van der Waals surface area contributed by atoms with E-state index in [0.717, 1.165) is 76.1 Å². The molecule has 0 spiro atoms. The van der Waals surface area contributed by atoms with E-state index in [2.05, 4.69) is 12.1 Å². The second-order valence-electron chi connectivity index (χ2n) is 14.4. The third kappa shape index (κ3) is 4.88. The molecule has 1 heterocycles. The largest absolute Gasteiger partial charge is 0.456 e. The lowest BCUT2D eigenvalue weighted by Crippen LogP contribution is -1.95. The topological polar surface area (TPSA) is 13.1 Å². The summed E-state index contributed by atoms with van der Waals surface area (Å²) in [5, 5.41) is 8.11. The number of hydrogen-bond donors (Lipinski definition) is 0. The molecule has 1 aromatic heterocycles. The third-order valence-corrected chi connectivity index (χ3v) is 11.3. The molecule has 0 N–H and O–H groups in total. The molecule has 10 aromatic carbocycles. The molecule has 11 aromatic rings. The molecule has 0 aliphatic carbocycles. The summed E-state index contributed by atoms with van der Waals surface area (Å²) in [4.78, 5) is 0. The Balaban J connectivity index is 1.23. The van der Waals surface area contributed by atoms with E-state index >= 15 is 17.6 Å². The summed E-state index contributed by atoms with van der Waals surface area (Å²) in [6.45, 7) is 0. The van der Waals surface area contributed by atoms with Crippen molar-refractivity contribution in [3.8, 4) is 44.5 Å². The van der Waals surface area contributed by atoms with Gasteiger partial charge in [-0.3, -0.25) is 0 Å². The van der Waals surface area contributed by atoms with Gasteiger partial charge in [0.15, 0.2) is 0 Å². The standard InChI is InChI=1S/C52H28F4O/c53-40-21-10-22-41(54)51(40)49-34-16-5-1-12-30(34)46(31-13-2-6-17-35(31)49)29-26-27-44-39(28-29)48-38(20-9-25-45(48)57-44)47-32-14-3-7-18-36(32)50(37-19-8-4-15-33(37)47)52-42(55)23-11-24-43(52)56/h1-28H. The Bertz CT molecular complexity index is 3320. The lowest BCUT2D eigenvalue weighted by molar-refractivity contribution is 0.589. The average molecular weight is 745 g/mol. The van der Waals surface area contributed by atoms with Gasteiger partial charge in [-0.15, -0.1) is 0 Å². The molecule has 0 atom stereocenters. The first-order chi connectivity index (χ1) is 28.0. The van der Waals surface area contributed by atoms with Crippen LogP contribution < -0.4 is 0 Å². The molecule has 270 valence electrons. The van der Waals surface area contributed by atoms with E-state index in [1.54, 1.807) is 0 Å². The first-order valence-electron chi connectivity index (χ1n) is 18.7. The summed E-state index contributed by atoms with van der Waals surface area (Å²) in [6, 6.07) is 51.1. The molecular formula is C52H28F4O. The Kier molecular flexibility index (Phi) is 7.35. The summed E-state index contributed by atoms with van der Waals surface area (Å²) in [5.41, 5.74) is 5.96. The Hall–Kier alpha value is -7.24. The maximum absolute atomic E-state index is 15.6. The minimum atomic E-state index is -0.624. The summed E-state index contributed by atoms with van der Waals surface area (Å²) in [5.74, 6) is -2.49. The van der Waals surface area contributed by atoms with E-state index in [1.165, 1.54) is 36.4 Å². The van der Waals surface area contributed by atoms with Crippen molar-refractivity contribution >= 4 is 65.0 Å². The van der Waals surface area contributed by atoms with Gasteiger partial charge in [-0.05, 0) is 108 Å². The minimum absolute atomic E-state index is 0.0550. The first-order valence-corrected chi connectivity index (χ1v) is 18.7. The molecule has 0 fully saturated rings. The van der Waals surface area contributed by atoms with Crippen LogP contribution in [0.15, 0.2) is 174 Å². The normalized spacial score (nSPS) is 11.9. The molecule has 0 amide bonds. The zero-order chi connectivity index (χ0) is 38.4. The van der Waals surface area contributed by atoms with E-state index in [4.69, 9.17) is 4.42 Å². The molecule has 0 unspecified atom stereocenters. The van der Waals surface area contributed by atoms with Crippen LogP contribution in [0.25, 0.3) is 110 Å². The maximum atomic E-state index is 15.6. The van der Waals surface area contributed by atoms with Crippen LogP contribution in [0.2, 0.25) is 0 Å². The molecule has 0 radical (unpaired) electrons. The molecular weight excluding hydrogens is 717 g/mol. The third-order valence-electron chi connectivity index (χ3n) is 11.3. The monoisotopic (exact) mass is 744 g/mol. The number of benzene rings is 10. The predicted molar refractivity (Wildman–Crippen MR) is 225 cm³/mol. The van der Waals surface area contributed by atoms with Gasteiger partial charge in [-0.1, -0.05) is 127 Å². The molecule has 11 rings (SSSR count). The van der Waals surface area contributed by atoms with Crippen LogP contribution in [0.4, 0.5) is 17.6 Å². The molecule has 57 heavy (non-hydrogen) atoms. The van der Waals surface area contributed by atoms with Crippen molar-refractivity contribution < 1.29 is 22.0 Å². The highest BCUT2D eigenvalue weighted by atomic mass is 19.1. The Morgan fingerprint density at radius 3 is 1.11 bits per heavy atom. The van der Waals surface area contributed by atoms with E-state index < -0.39 is 23.3 Å². The van der Waals surface area contributed by atoms with Crippen molar-refractivity contribution in [1.29, 1.82) is 0 Å². The molecule has 0 aliphatic heterocycles. The molecule has 1 nitrogen and oxygen atoms in total. The van der Waals surface area contributed by atoms with Crippen LogP contribution in [-0.2, 0) is 0 Å². The summed E-state index contributed by atoms with van der Waals surface area (Å²) < 4.78 is 68.8. The van der Waals surface area contributed by atoms with Crippen LogP contribution in [0.5, 0.6) is 0 Å². The van der Waals surface area contributed by atoms with Gasteiger partial charge >= 0.3 is 0 Å². The van der Waals surface area contributed by atoms with Crippen LogP contribution in [0.1, 0.15) is 0 Å². The number of rotatable bonds is 4. The number of furan rings is 1. The Labute approximate surface area is 323 Å². The van der Waals surface area contributed by atoms with Crippen LogP contribution >= 0.6 is 0 Å². The second kappa shape index (κ2) is 12.7. The van der Waals surface area contributed by atoms with Gasteiger partial charge in [0, 0.05) is 21.9 Å². The summed E-state index contributed by atoms with van der Waals surface area (Å²) >= 11 is 0. The van der Waals surface area contributed by atoms with Crippen LogP contribution in [0.3, 0.4) is 0 Å². The van der Waals surface area contributed by atoms with Gasteiger partial charge in [0.05, 0.1) is 11.1 Å². The highest BCUT2D eigenvalue weighted by Crippen LogP contribution is 2.49. The molecule has 0 aliphatic rings. The lowest BCUT2D eigenvalue weighted by Gasteiger charge is -2.19. The Morgan fingerprint density at radius 2 is 0.667 bits per heavy atom. The maximum Gasteiger partial charge on any atom is 0.136 e. The quantitative estimate of drug-likeness (QED) is 0.129. The highest BCUT2D eigenvalue weighted by Gasteiger charge is 2.25. The van der Waals surface area contributed by atoms with Crippen molar-refractivity contribution in [2.75, 3.05) is 0 Å². The smallest absolute Gasteiger partial charge is 0.136 e. The first kappa shape index (κ1) is 33.1. The number of halogens is 4. The summed E-state index contributed by atoms with van der Waals surface area (Å²) in [6.07, 6.45) is 0. The molecule has 0 saturated heterocycles. The van der Waals surface area contributed by atoms with Gasteiger partial charge in [-0.2, -0.15) is 0 Å². The predicted octanol–water partition coefficient (Wildman–Crippen LogP) is 15.4. The van der Waals surface area contributed by atoms with Crippen LogP contribution in [0, 0.1) is 23.3 Å². The van der Waals surface area contributed by atoms with Crippen molar-refractivity contribution in [1.82, 2.24) is 0 Å². The van der Waals surface area contributed by atoms with Crippen molar-refractivity contribution in [3.05, 3.63) is 193 Å². The minimum Gasteiger partial charge on any atom is -0.456 e. The number of hydrogen-bond acceptors (Lipinski definition) is 1. The van der Waals surface area contributed by atoms with Crippen molar-refractivity contribution in [3.63, 3.8) is 0 Å². The van der Waals surface area contributed by atoms with Crippen molar-refractivity contribution in [2.24, 2.45) is 0 Å². The zero-order valence-electron chi connectivity index (χ0n) is 30.1. The van der Waals surface area contributed by atoms with E-state index in [-0.39, 0.29) is 11.1 Å². The SMILES string of the molecule is Fc1cccc(F)c1-c1c2ccccc2c(-c2ccc3oc4cccc(-c5c6ccccc6c(-c6c(F)cccc6F)c6ccccc56)c4c3c2)c2ccccc12. The van der Waals surface area contributed by atoms with Crippen molar-refractivity contribution in [2.45, 2.75) is 0 Å². The fraction of sp³-hybridized carbons (Fsp3) is 0. The van der Waals surface area contributed by atoms with E-state index in [1.807, 2.05) is 121 Å². The molecule has 0 bridgehead atoms. The Morgan fingerprint density at radius 1 is 0.281 bits per heavy atom. The summed E-state index contributed by atoms with van der Waals surface area (Å²) in [7, 11) is 0. The fourth-order valence-electron chi connectivity index (χ4n) is 9.06. The van der Waals surface area contributed by atoms with Gasteiger partial charge in [-0.25, -0.2) is 17.6 Å². The zero-order valence-corrected chi connectivity index (χ0v) is 30.1. The molecule has 0 saturated carbocycles. The fourth-order valence-corrected chi connectivity index (χ4v) is 9.06. The van der Waals surface area contributed by atoms with Gasteiger partial charge in [0.1, 0.15) is 34.4 Å². The van der Waals surface area contributed by atoms with Gasteiger partial charge in [0.2, 0.25) is 0 Å². The van der Waals surface area contributed by atoms with E-state index in [9.17, 15) is 0 Å². The lowest BCUT2D eigenvalue weighted by atomic mass is 9.84. The van der Waals surface area contributed by atoms with Gasteiger partial charge < -0.3 is 4.42 Å². The second-order valence-corrected chi connectivity index (χ2v) is 14.4. The van der Waals surface area contributed by atoms with Gasteiger partial charge in [0.25, 0.3) is 0 Å². The van der Waals surface area contributed by atoms with E-state index in [0.29, 0.717) is 22.3 Å². The highest BCUT2D eigenvalue weighted by molar-refractivity contribution is 6.27. The average Bonchev–Trinajstić information content (AvgIpc) is 3.61.